The fourth-order valence-corrected chi connectivity index (χ4v) is 5.87. The smallest absolute Gasteiger partial charge is 0.113 e. The SMILES string of the molecule is C(#CC12c3ccccc3C(C#Cc3ccccn3)(c3ccccc31)c1ccccc12)c1ccccn1. The van der Waals surface area contributed by atoms with Gasteiger partial charge in [-0.2, -0.15) is 0 Å². The molecule has 2 heterocycles. The van der Waals surface area contributed by atoms with Crippen LogP contribution in [-0.4, -0.2) is 9.97 Å². The fraction of sp³-hybridized carbons (Fsp3) is 0.0588. The zero-order valence-corrected chi connectivity index (χ0v) is 19.4. The summed E-state index contributed by atoms with van der Waals surface area (Å²) in [6.45, 7) is 0. The van der Waals surface area contributed by atoms with Crippen molar-refractivity contribution in [3.05, 3.63) is 166 Å². The first-order valence-corrected chi connectivity index (χ1v) is 12.0. The van der Waals surface area contributed by atoms with Gasteiger partial charge in [-0.05, 0) is 69.5 Å². The van der Waals surface area contributed by atoms with Crippen molar-refractivity contribution in [1.82, 2.24) is 9.97 Å². The molecule has 0 N–H and O–H groups in total. The van der Waals surface area contributed by atoms with E-state index < -0.39 is 10.8 Å². The van der Waals surface area contributed by atoms with E-state index in [2.05, 4.69) is 106 Å². The third-order valence-corrected chi connectivity index (χ3v) is 7.29. The summed E-state index contributed by atoms with van der Waals surface area (Å²) < 4.78 is 0. The van der Waals surface area contributed by atoms with E-state index in [1.54, 1.807) is 12.4 Å². The van der Waals surface area contributed by atoms with Gasteiger partial charge in [0.15, 0.2) is 0 Å². The molecule has 166 valence electrons. The monoisotopic (exact) mass is 456 g/mol. The molecule has 0 amide bonds. The second-order valence-corrected chi connectivity index (χ2v) is 9.07. The zero-order chi connectivity index (χ0) is 24.0. The van der Waals surface area contributed by atoms with E-state index in [1.807, 2.05) is 36.4 Å². The third-order valence-electron chi connectivity index (χ3n) is 7.29. The Morgan fingerprint density at radius 2 is 0.694 bits per heavy atom. The van der Waals surface area contributed by atoms with E-state index >= 15 is 0 Å². The summed E-state index contributed by atoms with van der Waals surface area (Å²) in [5, 5.41) is 0. The minimum Gasteiger partial charge on any atom is -0.248 e. The highest BCUT2D eigenvalue weighted by Crippen LogP contribution is 2.61. The van der Waals surface area contributed by atoms with Crippen molar-refractivity contribution in [2.75, 3.05) is 0 Å². The molecular weight excluding hydrogens is 436 g/mol. The molecule has 3 aliphatic carbocycles. The van der Waals surface area contributed by atoms with E-state index in [-0.39, 0.29) is 0 Å². The number of rotatable bonds is 0. The second kappa shape index (κ2) is 7.81. The van der Waals surface area contributed by atoms with Crippen LogP contribution in [0.4, 0.5) is 0 Å². The molecule has 5 aromatic rings. The lowest BCUT2D eigenvalue weighted by atomic mass is 9.47. The van der Waals surface area contributed by atoms with Crippen molar-refractivity contribution in [2.45, 2.75) is 10.8 Å². The van der Waals surface area contributed by atoms with E-state index in [9.17, 15) is 0 Å². The van der Waals surface area contributed by atoms with Gasteiger partial charge >= 0.3 is 0 Å². The molecule has 0 spiro atoms. The number of benzene rings is 3. The Balaban J connectivity index is 1.61. The molecule has 3 aliphatic rings. The molecule has 3 aromatic carbocycles. The Bertz CT molecular complexity index is 1500. The number of aromatic nitrogens is 2. The molecule has 0 atom stereocenters. The van der Waals surface area contributed by atoms with Crippen LogP contribution in [0.15, 0.2) is 122 Å². The molecule has 0 saturated carbocycles. The van der Waals surface area contributed by atoms with Crippen molar-refractivity contribution >= 4 is 0 Å². The van der Waals surface area contributed by atoms with Crippen molar-refractivity contribution in [3.8, 4) is 23.7 Å². The minimum atomic E-state index is -0.615. The van der Waals surface area contributed by atoms with Crippen LogP contribution in [0.1, 0.15) is 44.8 Å². The number of pyridine rings is 2. The second-order valence-electron chi connectivity index (χ2n) is 9.07. The maximum absolute atomic E-state index is 4.48. The molecule has 8 rings (SSSR count). The predicted molar refractivity (Wildman–Crippen MR) is 141 cm³/mol. The van der Waals surface area contributed by atoms with Crippen LogP contribution < -0.4 is 0 Å². The summed E-state index contributed by atoms with van der Waals surface area (Å²) in [7, 11) is 0. The van der Waals surface area contributed by atoms with Gasteiger partial charge in [-0.1, -0.05) is 96.8 Å². The van der Waals surface area contributed by atoms with Gasteiger partial charge in [-0.25, -0.2) is 9.97 Å². The van der Waals surface area contributed by atoms with E-state index in [1.165, 1.54) is 33.4 Å². The molecule has 36 heavy (non-hydrogen) atoms. The lowest BCUT2D eigenvalue weighted by Crippen LogP contribution is -2.49. The van der Waals surface area contributed by atoms with Gasteiger partial charge in [-0.15, -0.1) is 0 Å². The molecule has 0 fully saturated rings. The molecule has 2 bridgehead atoms. The van der Waals surface area contributed by atoms with Crippen LogP contribution in [0.2, 0.25) is 0 Å². The first kappa shape index (κ1) is 20.5. The van der Waals surface area contributed by atoms with Gasteiger partial charge in [0.25, 0.3) is 0 Å². The van der Waals surface area contributed by atoms with Crippen LogP contribution in [0, 0.1) is 23.7 Å². The zero-order valence-electron chi connectivity index (χ0n) is 19.4. The Morgan fingerprint density at radius 3 is 0.972 bits per heavy atom. The lowest BCUT2D eigenvalue weighted by Gasteiger charge is -2.52. The number of nitrogens with zero attached hydrogens (tertiary/aromatic N) is 2. The van der Waals surface area contributed by atoms with Gasteiger partial charge in [0, 0.05) is 12.4 Å². The summed E-state index contributed by atoms with van der Waals surface area (Å²) in [6, 6.07) is 37.6. The Morgan fingerprint density at radius 1 is 0.389 bits per heavy atom. The van der Waals surface area contributed by atoms with Crippen LogP contribution in [0.5, 0.6) is 0 Å². The van der Waals surface area contributed by atoms with Crippen molar-refractivity contribution < 1.29 is 0 Å². The highest BCUT2D eigenvalue weighted by Gasteiger charge is 2.57. The van der Waals surface area contributed by atoms with Crippen molar-refractivity contribution in [1.29, 1.82) is 0 Å². The summed E-state index contributed by atoms with van der Waals surface area (Å²) in [5.41, 5.74) is 7.38. The van der Waals surface area contributed by atoms with Crippen LogP contribution >= 0.6 is 0 Å². The summed E-state index contributed by atoms with van der Waals surface area (Å²) >= 11 is 0. The van der Waals surface area contributed by atoms with Crippen molar-refractivity contribution in [3.63, 3.8) is 0 Å². The normalized spacial score (nSPS) is 20.0. The minimum absolute atomic E-state index is 0.615. The molecule has 0 unspecified atom stereocenters. The first-order chi connectivity index (χ1) is 17.8. The highest BCUT2D eigenvalue weighted by molar-refractivity contribution is 5.81. The van der Waals surface area contributed by atoms with Crippen LogP contribution in [0.25, 0.3) is 0 Å². The van der Waals surface area contributed by atoms with E-state index in [4.69, 9.17) is 0 Å². The summed E-state index contributed by atoms with van der Waals surface area (Å²) in [4.78, 5) is 8.97. The fourth-order valence-electron chi connectivity index (χ4n) is 5.87. The summed E-state index contributed by atoms with van der Waals surface area (Å²) in [6.07, 6.45) is 3.58. The average Bonchev–Trinajstić information content (AvgIpc) is 2.97. The Labute approximate surface area is 210 Å². The molecule has 2 nitrogen and oxygen atoms in total. The quantitative estimate of drug-likeness (QED) is 0.272. The molecule has 0 aliphatic heterocycles. The number of hydrogen-bond donors (Lipinski definition) is 0. The average molecular weight is 457 g/mol. The van der Waals surface area contributed by atoms with Crippen molar-refractivity contribution in [2.24, 2.45) is 0 Å². The molecular formula is C34H20N2. The largest absolute Gasteiger partial charge is 0.248 e. The lowest BCUT2D eigenvalue weighted by molar-refractivity contribution is 0.605. The van der Waals surface area contributed by atoms with Gasteiger partial charge in [0.2, 0.25) is 0 Å². The Kier molecular flexibility index (Phi) is 4.44. The molecule has 0 radical (unpaired) electrons. The predicted octanol–water partition coefficient (Wildman–Crippen LogP) is 5.88. The first-order valence-electron chi connectivity index (χ1n) is 12.0. The van der Waals surface area contributed by atoms with Gasteiger partial charge in [-0.3, -0.25) is 0 Å². The van der Waals surface area contributed by atoms with Gasteiger partial charge < -0.3 is 0 Å². The van der Waals surface area contributed by atoms with Gasteiger partial charge in [0.05, 0.1) is 0 Å². The standard InChI is InChI=1S/C34H20N2/c1-2-14-28-27(13-1)33(21-19-25-11-7-9-23-35-25)29-15-3-5-17-31(29)34(28,32-18-6-4-16-30(32)33)22-20-26-12-8-10-24-36-26/h1-18,23-24H. The molecule has 0 saturated heterocycles. The molecule has 2 heteroatoms. The maximum atomic E-state index is 4.48. The Hall–Kier alpha value is -4.92. The number of hydrogen-bond acceptors (Lipinski definition) is 2. The van der Waals surface area contributed by atoms with E-state index in [0.29, 0.717) is 0 Å². The topological polar surface area (TPSA) is 25.8 Å². The third kappa shape index (κ3) is 2.70. The van der Waals surface area contributed by atoms with Crippen LogP contribution in [0.3, 0.4) is 0 Å². The van der Waals surface area contributed by atoms with Gasteiger partial charge in [0.1, 0.15) is 22.2 Å². The highest BCUT2D eigenvalue weighted by atomic mass is 14.7. The maximum Gasteiger partial charge on any atom is 0.113 e. The summed E-state index contributed by atoms with van der Waals surface area (Å²) in [5.74, 6) is 14.3. The molecule has 2 aromatic heterocycles. The van der Waals surface area contributed by atoms with E-state index in [0.717, 1.165) is 11.4 Å². The van der Waals surface area contributed by atoms with Crippen LogP contribution in [-0.2, 0) is 10.8 Å².